The second-order valence-electron chi connectivity index (χ2n) is 4.48. The van der Waals surface area contributed by atoms with Gasteiger partial charge < -0.3 is 10.1 Å². The highest BCUT2D eigenvalue weighted by Gasteiger charge is 1.99. The average Bonchev–Trinajstić information content (AvgIpc) is 2.38. The van der Waals surface area contributed by atoms with Crippen molar-refractivity contribution < 1.29 is 4.74 Å². The fraction of sp³-hybridized carbons (Fsp3) is 0.692. The van der Waals surface area contributed by atoms with Gasteiger partial charge in [-0.15, -0.1) is 0 Å². The molecule has 6 nitrogen and oxygen atoms in total. The zero-order chi connectivity index (χ0) is 14.1. The minimum absolute atomic E-state index is 0.321. The molecule has 0 aromatic carbocycles. The number of rotatable bonds is 9. The lowest BCUT2D eigenvalue weighted by Crippen LogP contribution is -2.34. The third kappa shape index (κ3) is 5.85. The summed E-state index contributed by atoms with van der Waals surface area (Å²) in [6.45, 7) is 7.26. The molecule has 19 heavy (non-hydrogen) atoms. The molecule has 1 rings (SSSR count). The minimum Gasteiger partial charge on any atom is -0.380 e. The van der Waals surface area contributed by atoms with Gasteiger partial charge in [0.15, 0.2) is 0 Å². The lowest BCUT2D eigenvalue weighted by atomic mass is 10.4. The highest BCUT2D eigenvalue weighted by Crippen LogP contribution is 1.87. The molecule has 1 aromatic rings. The van der Waals surface area contributed by atoms with Gasteiger partial charge in [-0.05, 0) is 13.3 Å². The summed E-state index contributed by atoms with van der Waals surface area (Å²) in [5.74, 6) is 0. The normalized spacial score (nSPS) is 10.8. The van der Waals surface area contributed by atoms with Gasteiger partial charge in [0.25, 0.3) is 5.56 Å². The quantitative estimate of drug-likeness (QED) is 0.630. The van der Waals surface area contributed by atoms with Gasteiger partial charge in [-0.2, -0.15) is 0 Å². The highest BCUT2D eigenvalue weighted by molar-refractivity contribution is 5.00. The average molecular weight is 269 g/mol. The summed E-state index contributed by atoms with van der Waals surface area (Å²) in [4.78, 5) is 25.0. The third-order valence-electron chi connectivity index (χ3n) is 2.78. The predicted molar refractivity (Wildman–Crippen MR) is 74.7 cm³/mol. The molecule has 0 bridgehead atoms. The van der Waals surface area contributed by atoms with Crippen LogP contribution in [0.2, 0.25) is 0 Å². The summed E-state index contributed by atoms with van der Waals surface area (Å²) in [7, 11) is 0. The first kappa shape index (κ1) is 15.7. The van der Waals surface area contributed by atoms with Gasteiger partial charge in [-0.25, -0.2) is 4.79 Å². The van der Waals surface area contributed by atoms with Gasteiger partial charge in [0.2, 0.25) is 0 Å². The Morgan fingerprint density at radius 1 is 1.32 bits per heavy atom. The van der Waals surface area contributed by atoms with E-state index in [1.165, 1.54) is 4.57 Å². The Morgan fingerprint density at radius 3 is 2.84 bits per heavy atom. The lowest BCUT2D eigenvalue weighted by Gasteiger charge is -2.08. The molecule has 0 aliphatic carbocycles. The molecule has 0 amide bonds. The SMILES string of the molecule is CCCCOCCNCCn1cc(C)c(=O)[nH]c1=O. The topological polar surface area (TPSA) is 76.1 Å². The molecule has 0 unspecified atom stereocenters. The van der Waals surface area contributed by atoms with Crippen LogP contribution in [0.15, 0.2) is 15.8 Å². The molecule has 0 spiro atoms. The van der Waals surface area contributed by atoms with Gasteiger partial charge in [-0.1, -0.05) is 13.3 Å². The van der Waals surface area contributed by atoms with Crippen molar-refractivity contribution in [1.82, 2.24) is 14.9 Å². The number of ether oxygens (including phenoxy) is 1. The van der Waals surface area contributed by atoms with Crippen molar-refractivity contribution in [3.63, 3.8) is 0 Å². The van der Waals surface area contributed by atoms with Crippen LogP contribution in [-0.2, 0) is 11.3 Å². The first-order valence-corrected chi connectivity index (χ1v) is 6.74. The largest absolute Gasteiger partial charge is 0.380 e. The van der Waals surface area contributed by atoms with Gasteiger partial charge >= 0.3 is 5.69 Å². The summed E-state index contributed by atoms with van der Waals surface area (Å²) in [6.07, 6.45) is 3.81. The molecular weight excluding hydrogens is 246 g/mol. The molecular formula is C13H23N3O3. The van der Waals surface area contributed by atoms with Crippen molar-refractivity contribution in [1.29, 1.82) is 0 Å². The molecule has 0 fully saturated rings. The Bertz CT molecular complexity index is 479. The first-order valence-electron chi connectivity index (χ1n) is 6.74. The zero-order valence-electron chi connectivity index (χ0n) is 11.7. The Kier molecular flexibility index (Phi) is 7.14. The molecule has 0 radical (unpaired) electrons. The van der Waals surface area contributed by atoms with Crippen molar-refractivity contribution in [3.8, 4) is 0 Å². The van der Waals surface area contributed by atoms with E-state index in [9.17, 15) is 9.59 Å². The first-order chi connectivity index (χ1) is 9.15. The van der Waals surface area contributed by atoms with E-state index in [-0.39, 0.29) is 11.2 Å². The Hall–Kier alpha value is -1.40. The van der Waals surface area contributed by atoms with Crippen LogP contribution in [0.25, 0.3) is 0 Å². The van der Waals surface area contributed by atoms with E-state index in [2.05, 4.69) is 17.2 Å². The van der Waals surface area contributed by atoms with Gasteiger partial charge in [0.1, 0.15) is 0 Å². The molecule has 0 saturated carbocycles. The molecule has 1 aromatic heterocycles. The summed E-state index contributed by atoms with van der Waals surface area (Å²) < 4.78 is 6.91. The lowest BCUT2D eigenvalue weighted by molar-refractivity contribution is 0.133. The number of hydrogen-bond acceptors (Lipinski definition) is 4. The minimum atomic E-state index is -0.364. The number of unbranched alkanes of at least 4 members (excludes halogenated alkanes) is 1. The van der Waals surface area contributed by atoms with Crippen molar-refractivity contribution in [2.75, 3.05) is 26.3 Å². The van der Waals surface area contributed by atoms with Crippen LogP contribution in [0.3, 0.4) is 0 Å². The number of aryl methyl sites for hydroxylation is 1. The van der Waals surface area contributed by atoms with Gasteiger partial charge in [0.05, 0.1) is 6.61 Å². The number of aromatic nitrogens is 2. The smallest absolute Gasteiger partial charge is 0.328 e. The van der Waals surface area contributed by atoms with Crippen LogP contribution in [0.1, 0.15) is 25.3 Å². The Labute approximate surface area is 112 Å². The summed E-state index contributed by atoms with van der Waals surface area (Å²) in [6, 6.07) is 0. The maximum absolute atomic E-state index is 11.5. The van der Waals surface area contributed by atoms with Gasteiger partial charge in [0, 0.05) is 38.0 Å². The van der Waals surface area contributed by atoms with Crippen molar-refractivity contribution in [2.45, 2.75) is 33.2 Å². The summed E-state index contributed by atoms with van der Waals surface area (Å²) in [5.41, 5.74) is -0.141. The number of nitrogens with zero attached hydrogens (tertiary/aromatic N) is 1. The van der Waals surface area contributed by atoms with E-state index in [1.54, 1.807) is 13.1 Å². The molecule has 6 heteroatoms. The zero-order valence-corrected chi connectivity index (χ0v) is 11.7. The number of hydrogen-bond donors (Lipinski definition) is 2. The molecule has 1 heterocycles. The highest BCUT2D eigenvalue weighted by atomic mass is 16.5. The van der Waals surface area contributed by atoms with Crippen molar-refractivity contribution in [3.05, 3.63) is 32.6 Å². The van der Waals surface area contributed by atoms with E-state index < -0.39 is 0 Å². The maximum atomic E-state index is 11.5. The van der Waals surface area contributed by atoms with Crippen LogP contribution in [0.4, 0.5) is 0 Å². The number of aromatic amines is 1. The second kappa shape index (κ2) is 8.66. The number of nitrogens with one attached hydrogen (secondary N) is 2. The van der Waals surface area contributed by atoms with Crippen LogP contribution < -0.4 is 16.6 Å². The van der Waals surface area contributed by atoms with Crippen LogP contribution in [0, 0.1) is 6.92 Å². The predicted octanol–water partition coefficient (Wildman–Crippen LogP) is 0.251. The molecule has 108 valence electrons. The molecule has 0 aliphatic heterocycles. The third-order valence-corrected chi connectivity index (χ3v) is 2.78. The molecule has 0 atom stereocenters. The monoisotopic (exact) mass is 269 g/mol. The van der Waals surface area contributed by atoms with Crippen LogP contribution >= 0.6 is 0 Å². The summed E-state index contributed by atoms with van der Waals surface area (Å²) in [5, 5.41) is 3.20. The van der Waals surface area contributed by atoms with Crippen molar-refractivity contribution >= 4 is 0 Å². The molecule has 0 aliphatic rings. The van der Waals surface area contributed by atoms with E-state index in [0.717, 1.165) is 26.0 Å². The van der Waals surface area contributed by atoms with Gasteiger partial charge in [-0.3, -0.25) is 14.3 Å². The standard InChI is InChI=1S/C13H23N3O3/c1-3-4-8-19-9-6-14-5-7-16-10-11(2)12(17)15-13(16)18/h10,14H,3-9H2,1-2H3,(H,15,17,18). The van der Waals surface area contributed by atoms with E-state index in [0.29, 0.717) is 25.3 Å². The Balaban J connectivity index is 2.21. The van der Waals surface area contributed by atoms with Crippen molar-refractivity contribution in [2.24, 2.45) is 0 Å². The van der Waals surface area contributed by atoms with E-state index >= 15 is 0 Å². The molecule has 0 saturated heterocycles. The number of H-pyrrole nitrogens is 1. The Morgan fingerprint density at radius 2 is 2.11 bits per heavy atom. The van der Waals surface area contributed by atoms with E-state index in [1.807, 2.05) is 0 Å². The summed E-state index contributed by atoms with van der Waals surface area (Å²) >= 11 is 0. The van der Waals surface area contributed by atoms with Crippen LogP contribution in [-0.4, -0.2) is 35.9 Å². The van der Waals surface area contributed by atoms with Crippen LogP contribution in [0.5, 0.6) is 0 Å². The second-order valence-corrected chi connectivity index (χ2v) is 4.48. The fourth-order valence-electron chi connectivity index (χ4n) is 1.60. The maximum Gasteiger partial charge on any atom is 0.328 e. The van der Waals surface area contributed by atoms with E-state index in [4.69, 9.17) is 4.74 Å². The fourth-order valence-corrected chi connectivity index (χ4v) is 1.60. The molecule has 2 N–H and O–H groups in total.